The number of aromatic nitrogens is 1. The van der Waals surface area contributed by atoms with Gasteiger partial charge in [0, 0.05) is 29.1 Å². The van der Waals surface area contributed by atoms with Gasteiger partial charge in [0.1, 0.15) is 6.54 Å². The number of para-hydroxylation sites is 1. The number of hydrogen-bond donors (Lipinski definition) is 2. The van der Waals surface area contributed by atoms with Crippen molar-refractivity contribution in [2.75, 3.05) is 19.9 Å². The van der Waals surface area contributed by atoms with Gasteiger partial charge in [-0.25, -0.2) is 0 Å². The number of aliphatic hydroxyl groups is 1. The SMILES string of the molecule is C[C@@H](CO)N1CC(=O)N2C(=C(c3c[nH]c4ccccc34)O[C@H]2Cc2ccc3c(c2)OCO3)C1=O. The minimum absolute atomic E-state index is 0.119. The lowest BCUT2D eigenvalue weighted by Gasteiger charge is -2.37. The van der Waals surface area contributed by atoms with Gasteiger partial charge in [-0.3, -0.25) is 14.5 Å². The lowest BCUT2D eigenvalue weighted by atomic mass is 10.1. The number of H-pyrrole nitrogens is 1. The first-order chi connectivity index (χ1) is 16.5. The molecule has 0 radical (unpaired) electrons. The van der Waals surface area contributed by atoms with Crippen LogP contribution in [0.15, 0.2) is 54.4 Å². The minimum atomic E-state index is -0.693. The summed E-state index contributed by atoms with van der Waals surface area (Å²) in [5.74, 6) is 1.08. The van der Waals surface area contributed by atoms with Gasteiger partial charge in [-0.2, -0.15) is 0 Å². The number of amides is 2. The number of hydrogen-bond acceptors (Lipinski definition) is 6. The summed E-state index contributed by atoms with van der Waals surface area (Å²) in [4.78, 5) is 33.0. The molecule has 0 aliphatic carbocycles. The number of benzene rings is 2. The highest BCUT2D eigenvalue weighted by atomic mass is 16.7. The number of aromatic amines is 1. The fraction of sp³-hybridized carbons (Fsp3) is 0.280. The van der Waals surface area contributed by atoms with Crippen LogP contribution in [0.2, 0.25) is 0 Å². The number of rotatable bonds is 5. The van der Waals surface area contributed by atoms with E-state index in [-0.39, 0.29) is 37.5 Å². The molecule has 6 rings (SSSR count). The molecular weight excluding hydrogens is 438 g/mol. The molecule has 9 nitrogen and oxygen atoms in total. The maximum absolute atomic E-state index is 13.6. The van der Waals surface area contributed by atoms with Gasteiger partial charge in [0.05, 0.1) is 12.6 Å². The van der Waals surface area contributed by atoms with Gasteiger partial charge in [-0.05, 0) is 30.7 Å². The Kier molecular flexibility index (Phi) is 4.73. The average molecular weight is 461 g/mol. The van der Waals surface area contributed by atoms with Gasteiger partial charge >= 0.3 is 0 Å². The van der Waals surface area contributed by atoms with Crippen LogP contribution >= 0.6 is 0 Å². The molecule has 3 aromatic rings. The predicted octanol–water partition coefficient (Wildman–Crippen LogP) is 2.22. The van der Waals surface area contributed by atoms with Crippen molar-refractivity contribution in [1.29, 1.82) is 0 Å². The summed E-state index contributed by atoms with van der Waals surface area (Å²) in [6.07, 6.45) is 1.46. The molecule has 3 aliphatic heterocycles. The smallest absolute Gasteiger partial charge is 0.275 e. The quantitative estimate of drug-likeness (QED) is 0.604. The molecule has 2 atom stereocenters. The van der Waals surface area contributed by atoms with E-state index in [1.165, 1.54) is 9.80 Å². The summed E-state index contributed by atoms with van der Waals surface area (Å²) in [6.45, 7) is 1.53. The van der Waals surface area contributed by atoms with Crippen molar-refractivity contribution < 1.29 is 28.9 Å². The van der Waals surface area contributed by atoms with Crippen molar-refractivity contribution in [3.63, 3.8) is 0 Å². The first kappa shape index (κ1) is 20.6. The Hall–Kier alpha value is -3.98. The van der Waals surface area contributed by atoms with Crippen LogP contribution < -0.4 is 9.47 Å². The molecule has 0 saturated carbocycles. The Balaban J connectivity index is 1.42. The van der Waals surface area contributed by atoms with Crippen molar-refractivity contribution in [1.82, 2.24) is 14.8 Å². The average Bonchev–Trinajstić information content (AvgIpc) is 3.57. The van der Waals surface area contributed by atoms with Gasteiger partial charge in [-0.15, -0.1) is 0 Å². The second-order valence-corrected chi connectivity index (χ2v) is 8.62. The number of ether oxygens (including phenoxy) is 3. The maximum atomic E-state index is 13.6. The molecule has 9 heteroatoms. The monoisotopic (exact) mass is 461 g/mol. The predicted molar refractivity (Wildman–Crippen MR) is 121 cm³/mol. The van der Waals surface area contributed by atoms with E-state index in [1.807, 2.05) is 42.5 Å². The van der Waals surface area contributed by atoms with Crippen LogP contribution in [-0.2, 0) is 20.7 Å². The second kappa shape index (κ2) is 7.81. The fourth-order valence-electron chi connectivity index (χ4n) is 4.72. The fourth-order valence-corrected chi connectivity index (χ4v) is 4.72. The van der Waals surface area contributed by atoms with E-state index in [0.29, 0.717) is 29.2 Å². The van der Waals surface area contributed by atoms with Crippen molar-refractivity contribution in [3.8, 4) is 11.5 Å². The summed E-state index contributed by atoms with van der Waals surface area (Å²) < 4.78 is 17.2. The highest BCUT2D eigenvalue weighted by molar-refractivity contribution is 6.10. The topological polar surface area (TPSA) is 104 Å². The maximum Gasteiger partial charge on any atom is 0.275 e. The molecule has 174 valence electrons. The van der Waals surface area contributed by atoms with Crippen molar-refractivity contribution in [2.24, 2.45) is 0 Å². The zero-order chi connectivity index (χ0) is 23.4. The molecule has 2 amide bonds. The van der Waals surface area contributed by atoms with Crippen molar-refractivity contribution in [2.45, 2.75) is 25.6 Å². The van der Waals surface area contributed by atoms with E-state index in [1.54, 1.807) is 13.1 Å². The Labute approximate surface area is 195 Å². The van der Waals surface area contributed by atoms with Crippen molar-refractivity contribution >= 4 is 28.5 Å². The second-order valence-electron chi connectivity index (χ2n) is 8.62. The first-order valence-corrected chi connectivity index (χ1v) is 11.1. The molecule has 2 aromatic carbocycles. The molecular formula is C25H23N3O6. The molecule has 3 aliphatic rings. The van der Waals surface area contributed by atoms with E-state index < -0.39 is 12.3 Å². The summed E-state index contributed by atoms with van der Waals surface area (Å²) in [5, 5.41) is 10.5. The van der Waals surface area contributed by atoms with Crippen molar-refractivity contribution in [3.05, 3.63) is 65.5 Å². The third-order valence-corrected chi connectivity index (χ3v) is 6.51. The van der Waals surface area contributed by atoms with Crippen LogP contribution in [0.25, 0.3) is 16.7 Å². The Bertz CT molecular complexity index is 1350. The first-order valence-electron chi connectivity index (χ1n) is 11.1. The number of carbonyl (C=O) groups excluding carboxylic acids is 2. The molecule has 0 bridgehead atoms. The normalized spacial score (nSPS) is 20.2. The molecule has 4 heterocycles. The number of aliphatic hydroxyl groups excluding tert-OH is 1. The highest BCUT2D eigenvalue weighted by Gasteiger charge is 2.48. The molecule has 0 unspecified atom stereocenters. The van der Waals surface area contributed by atoms with Crippen LogP contribution in [0.1, 0.15) is 18.1 Å². The third-order valence-electron chi connectivity index (χ3n) is 6.51. The lowest BCUT2D eigenvalue weighted by Crippen LogP contribution is -2.56. The van der Waals surface area contributed by atoms with E-state index in [4.69, 9.17) is 14.2 Å². The number of piperazine rings is 1. The summed E-state index contributed by atoms with van der Waals surface area (Å²) in [6, 6.07) is 12.8. The number of nitrogens with one attached hydrogen (secondary N) is 1. The number of carbonyl (C=O) groups is 2. The van der Waals surface area contributed by atoms with Crippen LogP contribution in [0.4, 0.5) is 0 Å². The Morgan fingerprint density at radius 2 is 1.97 bits per heavy atom. The molecule has 2 N–H and O–H groups in total. The van der Waals surface area contributed by atoms with Crippen LogP contribution in [0.3, 0.4) is 0 Å². The van der Waals surface area contributed by atoms with Gasteiger partial charge in [0.15, 0.2) is 29.2 Å². The number of nitrogens with zero attached hydrogens (tertiary/aromatic N) is 2. The van der Waals surface area contributed by atoms with E-state index in [2.05, 4.69) is 4.98 Å². The van der Waals surface area contributed by atoms with Crippen LogP contribution in [-0.4, -0.2) is 63.9 Å². The van der Waals surface area contributed by atoms with Gasteiger partial charge in [0.25, 0.3) is 5.91 Å². The molecule has 0 spiro atoms. The van der Waals surface area contributed by atoms with E-state index >= 15 is 0 Å². The molecule has 1 fully saturated rings. The van der Waals surface area contributed by atoms with Gasteiger partial charge in [-0.1, -0.05) is 24.3 Å². The van der Waals surface area contributed by atoms with Crippen LogP contribution in [0, 0.1) is 0 Å². The van der Waals surface area contributed by atoms with E-state index in [0.717, 1.165) is 16.5 Å². The van der Waals surface area contributed by atoms with Gasteiger partial charge in [0.2, 0.25) is 12.7 Å². The summed E-state index contributed by atoms with van der Waals surface area (Å²) >= 11 is 0. The van der Waals surface area contributed by atoms with Gasteiger partial charge < -0.3 is 29.2 Å². The Morgan fingerprint density at radius 3 is 2.82 bits per heavy atom. The standard InChI is InChI=1S/C25H23N3O6/c1-14(12-29)27-11-21(30)28-22(9-15-6-7-19-20(8-15)33-13-32-19)34-24(23(28)25(27)31)17-10-26-18-5-3-2-4-16(17)18/h2-8,10,14,22,26,29H,9,11-13H2,1H3/t14-,22-/m0/s1. The summed E-state index contributed by atoms with van der Waals surface area (Å²) in [5.41, 5.74) is 2.70. The zero-order valence-corrected chi connectivity index (χ0v) is 18.5. The summed E-state index contributed by atoms with van der Waals surface area (Å²) in [7, 11) is 0. The zero-order valence-electron chi connectivity index (χ0n) is 18.5. The number of fused-ring (bicyclic) bond motifs is 3. The minimum Gasteiger partial charge on any atom is -0.467 e. The third kappa shape index (κ3) is 3.12. The van der Waals surface area contributed by atoms with E-state index in [9.17, 15) is 14.7 Å². The molecule has 1 aromatic heterocycles. The largest absolute Gasteiger partial charge is 0.467 e. The highest BCUT2D eigenvalue weighted by Crippen LogP contribution is 2.41. The Morgan fingerprint density at radius 1 is 1.15 bits per heavy atom. The van der Waals surface area contributed by atoms with Crippen LogP contribution in [0.5, 0.6) is 11.5 Å². The lowest BCUT2D eigenvalue weighted by molar-refractivity contribution is -0.151. The molecule has 34 heavy (non-hydrogen) atoms. The molecule has 1 saturated heterocycles.